The lowest BCUT2D eigenvalue weighted by Crippen LogP contribution is -2.38. The van der Waals surface area contributed by atoms with E-state index in [1.807, 2.05) is 56.3 Å². The Morgan fingerprint density at radius 2 is 1.88 bits per heavy atom. The van der Waals surface area contributed by atoms with Gasteiger partial charge in [0.1, 0.15) is 11.5 Å². The van der Waals surface area contributed by atoms with Gasteiger partial charge in [0, 0.05) is 6.54 Å². The molecule has 0 aliphatic heterocycles. The van der Waals surface area contributed by atoms with Crippen LogP contribution >= 0.6 is 0 Å². The van der Waals surface area contributed by atoms with Gasteiger partial charge in [0.15, 0.2) is 6.10 Å². The van der Waals surface area contributed by atoms with Crippen LogP contribution in [-0.2, 0) is 11.2 Å². The number of hydrogen-bond donors (Lipinski definition) is 1. The van der Waals surface area contributed by atoms with Crippen LogP contribution in [0, 0.1) is 6.92 Å². The van der Waals surface area contributed by atoms with E-state index in [9.17, 15) is 4.79 Å². The van der Waals surface area contributed by atoms with Crippen LogP contribution in [0.4, 0.5) is 0 Å². The van der Waals surface area contributed by atoms with Crippen molar-refractivity contribution in [3.63, 3.8) is 0 Å². The van der Waals surface area contributed by atoms with Crippen molar-refractivity contribution in [3.8, 4) is 11.5 Å². The van der Waals surface area contributed by atoms with Gasteiger partial charge in [-0.2, -0.15) is 0 Å². The van der Waals surface area contributed by atoms with Crippen LogP contribution in [0.3, 0.4) is 0 Å². The average Bonchev–Trinajstić information content (AvgIpc) is 2.63. The summed E-state index contributed by atoms with van der Waals surface area (Å²) in [5.74, 6) is 1.53. The highest BCUT2D eigenvalue weighted by molar-refractivity contribution is 5.81. The number of amides is 1. The molecule has 1 atom stereocenters. The molecule has 0 aromatic heterocycles. The second kappa shape index (κ2) is 9.72. The third-order valence-electron chi connectivity index (χ3n) is 4.01. The maximum Gasteiger partial charge on any atom is 0.261 e. The predicted octanol–water partition coefficient (Wildman–Crippen LogP) is 3.91. The summed E-state index contributed by atoms with van der Waals surface area (Å²) in [6.45, 7) is 4.59. The van der Waals surface area contributed by atoms with E-state index in [-0.39, 0.29) is 5.91 Å². The molecule has 4 heteroatoms. The number of carbonyl (C=O) groups excluding carboxylic acids is 1. The van der Waals surface area contributed by atoms with Gasteiger partial charge in [0.25, 0.3) is 5.91 Å². The number of ether oxygens (including phenoxy) is 2. The molecule has 0 heterocycles. The molecule has 0 spiro atoms. The van der Waals surface area contributed by atoms with Gasteiger partial charge in [-0.05, 0) is 61.6 Å². The first kappa shape index (κ1) is 18.8. The van der Waals surface area contributed by atoms with Gasteiger partial charge < -0.3 is 14.8 Å². The van der Waals surface area contributed by atoms with Crippen molar-refractivity contribution < 1.29 is 14.3 Å². The molecule has 0 aliphatic rings. The molecule has 0 aliphatic carbocycles. The third-order valence-corrected chi connectivity index (χ3v) is 4.01. The fourth-order valence-corrected chi connectivity index (χ4v) is 2.62. The van der Waals surface area contributed by atoms with E-state index in [0.29, 0.717) is 13.0 Å². The number of nitrogens with one attached hydrogen (secondary N) is 1. The first-order valence-corrected chi connectivity index (χ1v) is 8.76. The summed E-state index contributed by atoms with van der Waals surface area (Å²) in [4.78, 5) is 12.3. The fraction of sp³-hybridized carbons (Fsp3) is 0.381. The maximum atomic E-state index is 12.3. The van der Waals surface area contributed by atoms with E-state index in [1.165, 1.54) is 5.56 Å². The zero-order valence-electron chi connectivity index (χ0n) is 15.2. The minimum Gasteiger partial charge on any atom is -0.497 e. The number of aryl methyl sites for hydroxylation is 2. The molecule has 0 radical (unpaired) electrons. The van der Waals surface area contributed by atoms with Crippen molar-refractivity contribution in [2.45, 2.75) is 39.2 Å². The Balaban J connectivity index is 1.77. The summed E-state index contributed by atoms with van der Waals surface area (Å²) in [6.07, 6.45) is 1.95. The molecule has 4 nitrogen and oxygen atoms in total. The lowest BCUT2D eigenvalue weighted by atomic mass is 10.1. The van der Waals surface area contributed by atoms with E-state index in [4.69, 9.17) is 9.47 Å². The molecule has 1 N–H and O–H groups in total. The highest BCUT2D eigenvalue weighted by Gasteiger charge is 2.17. The van der Waals surface area contributed by atoms with Gasteiger partial charge in [0.2, 0.25) is 0 Å². The van der Waals surface area contributed by atoms with Gasteiger partial charge in [-0.3, -0.25) is 4.79 Å². The van der Waals surface area contributed by atoms with Crippen molar-refractivity contribution in [1.82, 2.24) is 5.32 Å². The van der Waals surface area contributed by atoms with Crippen LogP contribution < -0.4 is 14.8 Å². The van der Waals surface area contributed by atoms with Crippen molar-refractivity contribution >= 4 is 5.91 Å². The summed E-state index contributed by atoms with van der Waals surface area (Å²) >= 11 is 0. The van der Waals surface area contributed by atoms with Crippen molar-refractivity contribution in [3.05, 3.63) is 59.7 Å². The molecule has 0 saturated carbocycles. The Kier molecular flexibility index (Phi) is 7.33. The third kappa shape index (κ3) is 6.14. The second-order valence-corrected chi connectivity index (χ2v) is 6.08. The number of benzene rings is 2. The average molecular weight is 341 g/mol. The summed E-state index contributed by atoms with van der Waals surface area (Å²) in [5, 5.41) is 2.97. The van der Waals surface area contributed by atoms with Crippen LogP contribution in [0.25, 0.3) is 0 Å². The molecule has 0 fully saturated rings. The van der Waals surface area contributed by atoms with E-state index >= 15 is 0 Å². The highest BCUT2D eigenvalue weighted by Crippen LogP contribution is 2.16. The zero-order valence-corrected chi connectivity index (χ0v) is 15.2. The van der Waals surface area contributed by atoms with Crippen molar-refractivity contribution in [2.24, 2.45) is 0 Å². The molecule has 2 aromatic carbocycles. The Bertz CT molecular complexity index is 684. The molecular formula is C21H27NO3. The summed E-state index contributed by atoms with van der Waals surface area (Å²) < 4.78 is 11.0. The zero-order chi connectivity index (χ0) is 18.1. The summed E-state index contributed by atoms with van der Waals surface area (Å²) in [7, 11) is 1.67. The van der Waals surface area contributed by atoms with Crippen molar-refractivity contribution in [1.29, 1.82) is 0 Å². The van der Waals surface area contributed by atoms with Crippen LogP contribution in [0.5, 0.6) is 11.5 Å². The largest absolute Gasteiger partial charge is 0.497 e. The first-order valence-electron chi connectivity index (χ1n) is 8.76. The minimum absolute atomic E-state index is 0.0605. The Labute approximate surface area is 150 Å². The highest BCUT2D eigenvalue weighted by atomic mass is 16.5. The summed E-state index contributed by atoms with van der Waals surface area (Å²) in [6, 6.07) is 15.8. The van der Waals surface area contributed by atoms with E-state index in [0.717, 1.165) is 29.9 Å². The Hall–Kier alpha value is -2.49. The van der Waals surface area contributed by atoms with E-state index in [2.05, 4.69) is 11.4 Å². The van der Waals surface area contributed by atoms with Gasteiger partial charge >= 0.3 is 0 Å². The van der Waals surface area contributed by atoms with Crippen LogP contribution in [0.2, 0.25) is 0 Å². The molecule has 0 saturated heterocycles. The molecule has 2 aromatic rings. The van der Waals surface area contributed by atoms with Gasteiger partial charge in [-0.25, -0.2) is 0 Å². The molecule has 0 unspecified atom stereocenters. The molecule has 0 bridgehead atoms. The Morgan fingerprint density at radius 1 is 1.12 bits per heavy atom. The van der Waals surface area contributed by atoms with E-state index < -0.39 is 6.10 Å². The molecule has 2 rings (SSSR count). The second-order valence-electron chi connectivity index (χ2n) is 6.08. The standard InChI is InChI=1S/C21H27NO3/c1-4-20(25-19-12-5-8-16(2)14-19)21(23)22-13-7-10-17-9-6-11-18(15-17)24-3/h5-6,8-9,11-12,14-15,20H,4,7,10,13H2,1-3H3,(H,22,23)/t20-/m0/s1. The fourth-order valence-electron chi connectivity index (χ4n) is 2.62. The van der Waals surface area contributed by atoms with E-state index in [1.54, 1.807) is 7.11 Å². The lowest BCUT2D eigenvalue weighted by Gasteiger charge is -2.17. The van der Waals surface area contributed by atoms with Crippen LogP contribution in [0.15, 0.2) is 48.5 Å². The molecule has 134 valence electrons. The SMILES string of the molecule is CC[C@H](Oc1cccc(C)c1)C(=O)NCCCc1cccc(OC)c1. The minimum atomic E-state index is -0.460. The van der Waals surface area contributed by atoms with Gasteiger partial charge in [0.05, 0.1) is 7.11 Å². The van der Waals surface area contributed by atoms with Gasteiger partial charge in [-0.15, -0.1) is 0 Å². The normalized spacial score (nSPS) is 11.6. The topological polar surface area (TPSA) is 47.6 Å². The molecule has 1 amide bonds. The smallest absolute Gasteiger partial charge is 0.261 e. The van der Waals surface area contributed by atoms with Crippen LogP contribution in [-0.4, -0.2) is 25.7 Å². The number of carbonyl (C=O) groups is 1. The monoisotopic (exact) mass is 341 g/mol. The van der Waals surface area contributed by atoms with Crippen LogP contribution in [0.1, 0.15) is 30.9 Å². The maximum absolute atomic E-state index is 12.3. The summed E-state index contributed by atoms with van der Waals surface area (Å²) in [5.41, 5.74) is 2.32. The first-order chi connectivity index (χ1) is 12.1. The molecular weight excluding hydrogens is 314 g/mol. The quantitative estimate of drug-likeness (QED) is 0.704. The number of methoxy groups -OCH3 is 1. The van der Waals surface area contributed by atoms with Gasteiger partial charge in [-0.1, -0.05) is 31.2 Å². The number of rotatable bonds is 9. The predicted molar refractivity (Wildman–Crippen MR) is 100 cm³/mol. The van der Waals surface area contributed by atoms with Crippen molar-refractivity contribution in [2.75, 3.05) is 13.7 Å². The Morgan fingerprint density at radius 3 is 2.60 bits per heavy atom. The molecule has 25 heavy (non-hydrogen) atoms. The number of hydrogen-bond acceptors (Lipinski definition) is 3. The lowest BCUT2D eigenvalue weighted by molar-refractivity contribution is -0.128.